The van der Waals surface area contributed by atoms with Crippen LogP contribution in [-0.2, 0) is 0 Å². The molecule has 3 rings (SSSR count). The molecule has 2 N–H and O–H groups in total. The van der Waals surface area contributed by atoms with Gasteiger partial charge in [0.1, 0.15) is 11.5 Å². The molecule has 0 aliphatic carbocycles. The Labute approximate surface area is 128 Å². The molecule has 0 atom stereocenters. The van der Waals surface area contributed by atoms with E-state index < -0.39 is 0 Å². The summed E-state index contributed by atoms with van der Waals surface area (Å²) in [4.78, 5) is 7.16. The number of nitrogens with one attached hydrogen (secondary N) is 2. The molecule has 0 spiro atoms. The first kappa shape index (κ1) is 14.0. The summed E-state index contributed by atoms with van der Waals surface area (Å²) >= 11 is 1.70. The average Bonchev–Trinajstić information content (AvgIpc) is 3.05. The van der Waals surface area contributed by atoms with E-state index in [1.165, 1.54) is 9.78 Å². The maximum Gasteiger partial charge on any atom is 0.158 e. The first-order chi connectivity index (χ1) is 10.1. The fourth-order valence-corrected chi connectivity index (χ4v) is 2.89. The fraction of sp³-hybridized carbons (Fsp3) is 0.333. The molecule has 0 saturated heterocycles. The lowest BCUT2D eigenvalue weighted by molar-refractivity contribution is -0.856. The Morgan fingerprint density at radius 2 is 2.19 bits per heavy atom. The molecule has 3 aromatic heterocycles. The van der Waals surface area contributed by atoms with Crippen LogP contribution in [0.2, 0.25) is 0 Å². The standard InChI is InChI=1S/C15H19N5S/c1-11-9-14(16-6-7-19(2)3)20-15(17-11)10-12(18-20)13-5-4-8-21-13/h4-5,8-10,16H,6-7H2,1-3H3/p+1. The number of hydrogen-bond acceptors (Lipinski definition) is 4. The number of aryl methyl sites for hydroxylation is 1. The number of likely N-dealkylation sites (N-methyl/N-ethyl adjacent to an activating group) is 1. The van der Waals surface area contributed by atoms with Crippen LogP contribution < -0.4 is 10.2 Å². The van der Waals surface area contributed by atoms with Gasteiger partial charge in [-0.15, -0.1) is 11.3 Å². The maximum atomic E-state index is 4.69. The van der Waals surface area contributed by atoms with E-state index in [4.69, 9.17) is 0 Å². The molecule has 0 aliphatic rings. The third-order valence-electron chi connectivity index (χ3n) is 3.26. The number of anilines is 1. The molecule has 0 unspecified atom stereocenters. The second kappa shape index (κ2) is 5.83. The molecule has 0 amide bonds. The van der Waals surface area contributed by atoms with Crippen molar-refractivity contribution in [1.82, 2.24) is 14.6 Å². The van der Waals surface area contributed by atoms with Crippen molar-refractivity contribution in [3.63, 3.8) is 0 Å². The Kier molecular flexibility index (Phi) is 3.90. The summed E-state index contributed by atoms with van der Waals surface area (Å²) in [5, 5.41) is 10.2. The highest BCUT2D eigenvalue weighted by Gasteiger charge is 2.10. The minimum atomic E-state index is 0.887. The topological polar surface area (TPSA) is 46.7 Å². The lowest BCUT2D eigenvalue weighted by atomic mass is 10.3. The van der Waals surface area contributed by atoms with Gasteiger partial charge in [-0.1, -0.05) is 6.07 Å². The van der Waals surface area contributed by atoms with E-state index in [0.29, 0.717) is 0 Å². The summed E-state index contributed by atoms with van der Waals surface area (Å²) in [5.74, 6) is 1.00. The first-order valence-corrected chi connectivity index (χ1v) is 7.95. The molecule has 6 heteroatoms. The number of thiophene rings is 1. The summed E-state index contributed by atoms with van der Waals surface area (Å²) in [6, 6.07) is 8.22. The molecule has 21 heavy (non-hydrogen) atoms. The Hall–Kier alpha value is -1.92. The van der Waals surface area contributed by atoms with E-state index in [1.807, 2.05) is 29.6 Å². The van der Waals surface area contributed by atoms with Crippen molar-refractivity contribution in [3.05, 3.63) is 35.3 Å². The van der Waals surface area contributed by atoms with Gasteiger partial charge in [0.05, 0.1) is 32.1 Å². The zero-order valence-corrected chi connectivity index (χ0v) is 13.4. The number of nitrogens with zero attached hydrogens (tertiary/aromatic N) is 3. The summed E-state index contributed by atoms with van der Waals surface area (Å²) in [5.41, 5.74) is 2.86. The number of rotatable bonds is 5. The zero-order chi connectivity index (χ0) is 14.8. The van der Waals surface area contributed by atoms with Gasteiger partial charge < -0.3 is 10.2 Å². The van der Waals surface area contributed by atoms with E-state index in [0.717, 1.165) is 35.9 Å². The zero-order valence-electron chi connectivity index (χ0n) is 12.6. The van der Waals surface area contributed by atoms with E-state index in [2.05, 4.69) is 40.9 Å². The van der Waals surface area contributed by atoms with Crippen molar-refractivity contribution < 1.29 is 4.90 Å². The van der Waals surface area contributed by atoms with Crippen LogP contribution in [0.1, 0.15) is 5.69 Å². The van der Waals surface area contributed by atoms with Gasteiger partial charge in [-0.2, -0.15) is 9.61 Å². The van der Waals surface area contributed by atoms with Crippen LogP contribution in [0.25, 0.3) is 16.2 Å². The second-order valence-electron chi connectivity index (χ2n) is 5.44. The van der Waals surface area contributed by atoms with Crippen molar-refractivity contribution >= 4 is 22.8 Å². The fourth-order valence-electron chi connectivity index (χ4n) is 2.21. The molecular weight excluding hydrogens is 282 g/mol. The number of fused-ring (bicyclic) bond motifs is 1. The van der Waals surface area contributed by atoms with Crippen LogP contribution in [0, 0.1) is 6.92 Å². The van der Waals surface area contributed by atoms with E-state index >= 15 is 0 Å². The quantitative estimate of drug-likeness (QED) is 0.747. The lowest BCUT2D eigenvalue weighted by Crippen LogP contribution is -3.06. The molecule has 0 saturated carbocycles. The van der Waals surface area contributed by atoms with Crippen LogP contribution in [0.15, 0.2) is 29.6 Å². The van der Waals surface area contributed by atoms with Gasteiger partial charge in [-0.05, 0) is 18.4 Å². The molecule has 0 aliphatic heterocycles. The molecule has 0 bridgehead atoms. The lowest BCUT2D eigenvalue weighted by Gasteiger charge is -2.11. The van der Waals surface area contributed by atoms with Crippen LogP contribution in [0.3, 0.4) is 0 Å². The molecular formula is C15H20N5S+. The summed E-state index contributed by atoms with van der Waals surface area (Å²) < 4.78 is 1.90. The third-order valence-corrected chi connectivity index (χ3v) is 4.15. The largest absolute Gasteiger partial charge is 0.364 e. The highest BCUT2D eigenvalue weighted by atomic mass is 32.1. The molecule has 0 radical (unpaired) electrons. The number of aromatic nitrogens is 3. The van der Waals surface area contributed by atoms with Crippen LogP contribution in [0.5, 0.6) is 0 Å². The van der Waals surface area contributed by atoms with Crippen molar-refractivity contribution in [1.29, 1.82) is 0 Å². The second-order valence-corrected chi connectivity index (χ2v) is 6.39. The summed E-state index contributed by atoms with van der Waals surface area (Å²) in [7, 11) is 4.30. The smallest absolute Gasteiger partial charge is 0.158 e. The number of hydrogen-bond donors (Lipinski definition) is 2. The SMILES string of the molecule is Cc1cc(NCC[NH+](C)C)n2nc(-c3cccs3)cc2n1. The highest BCUT2D eigenvalue weighted by Crippen LogP contribution is 2.25. The Morgan fingerprint density at radius 3 is 2.90 bits per heavy atom. The van der Waals surface area contributed by atoms with Gasteiger partial charge >= 0.3 is 0 Å². The van der Waals surface area contributed by atoms with Gasteiger partial charge in [0, 0.05) is 17.8 Å². The number of quaternary nitrogens is 1. The minimum absolute atomic E-state index is 0.887. The molecule has 5 nitrogen and oxygen atoms in total. The van der Waals surface area contributed by atoms with Gasteiger partial charge in [0.15, 0.2) is 5.65 Å². The monoisotopic (exact) mass is 302 g/mol. The van der Waals surface area contributed by atoms with Crippen molar-refractivity contribution in [2.75, 3.05) is 32.5 Å². The Morgan fingerprint density at radius 1 is 1.33 bits per heavy atom. The van der Waals surface area contributed by atoms with Crippen LogP contribution in [-0.4, -0.2) is 41.8 Å². The van der Waals surface area contributed by atoms with Crippen molar-refractivity contribution in [2.24, 2.45) is 0 Å². The average molecular weight is 302 g/mol. The Balaban J connectivity index is 1.95. The molecule has 0 aromatic carbocycles. The van der Waals surface area contributed by atoms with E-state index in [-0.39, 0.29) is 0 Å². The third kappa shape index (κ3) is 3.06. The minimum Gasteiger partial charge on any atom is -0.364 e. The highest BCUT2D eigenvalue weighted by molar-refractivity contribution is 7.13. The predicted octanol–water partition coefficient (Wildman–Crippen LogP) is 1.32. The predicted molar refractivity (Wildman–Crippen MR) is 87.2 cm³/mol. The van der Waals surface area contributed by atoms with Gasteiger partial charge in [-0.3, -0.25) is 0 Å². The van der Waals surface area contributed by atoms with Crippen LogP contribution in [0.4, 0.5) is 5.82 Å². The first-order valence-electron chi connectivity index (χ1n) is 7.08. The molecule has 110 valence electrons. The summed E-state index contributed by atoms with van der Waals surface area (Å²) in [6.07, 6.45) is 0. The molecule has 0 fully saturated rings. The van der Waals surface area contributed by atoms with Gasteiger partial charge in [0.25, 0.3) is 0 Å². The van der Waals surface area contributed by atoms with E-state index in [9.17, 15) is 0 Å². The molecule has 3 aromatic rings. The van der Waals surface area contributed by atoms with Gasteiger partial charge in [0.2, 0.25) is 0 Å². The van der Waals surface area contributed by atoms with Crippen LogP contribution >= 0.6 is 11.3 Å². The Bertz CT molecular complexity index is 730. The van der Waals surface area contributed by atoms with Gasteiger partial charge in [-0.25, -0.2) is 4.98 Å². The normalized spacial score (nSPS) is 11.4. The maximum absolute atomic E-state index is 4.69. The van der Waals surface area contributed by atoms with E-state index in [1.54, 1.807) is 11.3 Å². The molecule has 3 heterocycles. The van der Waals surface area contributed by atoms with Crippen molar-refractivity contribution in [2.45, 2.75) is 6.92 Å². The van der Waals surface area contributed by atoms with Crippen molar-refractivity contribution in [3.8, 4) is 10.6 Å². The summed E-state index contributed by atoms with van der Waals surface area (Å²) in [6.45, 7) is 3.98.